The van der Waals surface area contributed by atoms with E-state index in [1.165, 1.54) is 37.1 Å². The van der Waals surface area contributed by atoms with E-state index in [0.29, 0.717) is 6.42 Å². The summed E-state index contributed by atoms with van der Waals surface area (Å²) in [6.45, 7) is 2.23. The molecule has 0 saturated heterocycles. The first-order chi connectivity index (χ1) is 15.7. The molecular weight excluding hydrogens is 499 g/mol. The Hall–Kier alpha value is -2.33. The van der Waals surface area contributed by atoms with E-state index in [9.17, 15) is 4.79 Å². The maximum absolute atomic E-state index is 12.7. The van der Waals surface area contributed by atoms with Crippen molar-refractivity contribution in [3.05, 3.63) is 103 Å². The van der Waals surface area contributed by atoms with E-state index in [-0.39, 0.29) is 9.90 Å². The van der Waals surface area contributed by atoms with Crippen LogP contribution in [-0.4, -0.2) is 31.5 Å². The van der Waals surface area contributed by atoms with E-state index in [4.69, 9.17) is 4.74 Å². The van der Waals surface area contributed by atoms with Gasteiger partial charge in [-0.2, -0.15) is 0 Å². The van der Waals surface area contributed by atoms with Gasteiger partial charge >= 0.3 is 198 Å². The fourth-order valence-corrected chi connectivity index (χ4v) is 19.9. The fraction of sp³-hybridized carbons (Fsp3) is 0.276. The number of ether oxygens (including phenoxy) is 1. The molecule has 0 N–H and O–H groups in total. The standard InChI is InChI=1S/C11H19O2.3C6H5.Sn/c1-3-4-5-6-7-8-9-10-11(12)13-2;3*1-2-4-6-5-3-1;/h7-9H,3-6,10H2,1-2H3;3*1-5H;/b8-7+;;;;. The molecule has 32 heavy (non-hydrogen) atoms. The van der Waals surface area contributed by atoms with Crippen LogP contribution in [0.4, 0.5) is 0 Å². The third kappa shape index (κ3) is 5.72. The van der Waals surface area contributed by atoms with Crippen molar-refractivity contribution < 1.29 is 9.53 Å². The number of carbonyl (C=O) groups is 1. The first-order valence-corrected chi connectivity index (χ1v) is 17.6. The van der Waals surface area contributed by atoms with Gasteiger partial charge in [-0.05, 0) is 0 Å². The van der Waals surface area contributed by atoms with Gasteiger partial charge < -0.3 is 0 Å². The average molecular weight is 533 g/mol. The van der Waals surface area contributed by atoms with Crippen molar-refractivity contribution in [3.8, 4) is 0 Å². The van der Waals surface area contributed by atoms with E-state index in [2.05, 4.69) is 110 Å². The Labute approximate surface area is 197 Å². The van der Waals surface area contributed by atoms with Crippen molar-refractivity contribution in [1.82, 2.24) is 0 Å². The second-order valence-electron chi connectivity index (χ2n) is 8.22. The minimum absolute atomic E-state index is 0.116. The first-order valence-electron chi connectivity index (χ1n) is 11.6. The fourth-order valence-electron chi connectivity index (χ4n) is 4.65. The number of carbonyl (C=O) groups excluding carboxylic acids is 1. The van der Waals surface area contributed by atoms with Crippen LogP contribution in [0.25, 0.3) is 0 Å². The maximum atomic E-state index is 12.7. The zero-order valence-corrected chi connectivity index (χ0v) is 22.1. The number of rotatable bonds is 11. The summed E-state index contributed by atoms with van der Waals surface area (Å²) in [5, 5.41) is 0. The SMILES string of the molecule is CCCCC/C=C/[C@@H](CC(=O)OC)[Sn]([c]1ccccc1)([c]1ccccc1)[c]1ccccc1. The van der Waals surface area contributed by atoms with Gasteiger partial charge in [0.1, 0.15) is 0 Å². The Morgan fingerprint density at radius 3 is 1.69 bits per heavy atom. The number of methoxy groups -OCH3 is 1. The molecule has 3 aromatic carbocycles. The van der Waals surface area contributed by atoms with E-state index in [1.54, 1.807) is 0 Å². The van der Waals surface area contributed by atoms with Gasteiger partial charge in [0.2, 0.25) is 0 Å². The molecule has 0 aromatic heterocycles. The summed E-state index contributed by atoms with van der Waals surface area (Å²) in [7, 11) is 1.50. The van der Waals surface area contributed by atoms with Crippen molar-refractivity contribution in [3.63, 3.8) is 0 Å². The topological polar surface area (TPSA) is 26.3 Å². The third-order valence-corrected chi connectivity index (χ3v) is 21.2. The normalized spacial score (nSPS) is 12.6. The van der Waals surface area contributed by atoms with Crippen LogP contribution in [0.3, 0.4) is 0 Å². The summed E-state index contributed by atoms with van der Waals surface area (Å²) >= 11 is -3.65. The van der Waals surface area contributed by atoms with Crippen LogP contribution in [0, 0.1) is 0 Å². The average Bonchev–Trinajstić information content (AvgIpc) is 2.86. The van der Waals surface area contributed by atoms with Crippen LogP contribution in [0.5, 0.6) is 0 Å². The van der Waals surface area contributed by atoms with Crippen LogP contribution in [0.15, 0.2) is 103 Å². The Morgan fingerprint density at radius 1 is 0.812 bits per heavy atom. The summed E-state index contributed by atoms with van der Waals surface area (Å²) < 4.78 is 9.45. The van der Waals surface area contributed by atoms with Gasteiger partial charge in [0, 0.05) is 0 Å². The van der Waals surface area contributed by atoms with Crippen molar-refractivity contribution in [1.29, 1.82) is 0 Å². The summed E-state index contributed by atoms with van der Waals surface area (Å²) in [5.41, 5.74) is 0. The Kier molecular flexibility index (Phi) is 9.60. The first kappa shape index (κ1) is 24.3. The van der Waals surface area contributed by atoms with Crippen molar-refractivity contribution in [2.75, 3.05) is 7.11 Å². The quantitative estimate of drug-likeness (QED) is 0.146. The molecule has 166 valence electrons. The zero-order valence-electron chi connectivity index (χ0n) is 19.2. The van der Waals surface area contributed by atoms with E-state index < -0.39 is 18.4 Å². The number of benzene rings is 3. The molecular formula is C29H34O2Sn. The van der Waals surface area contributed by atoms with Gasteiger partial charge in [0.05, 0.1) is 0 Å². The molecule has 0 bridgehead atoms. The molecule has 0 aliphatic heterocycles. The second kappa shape index (κ2) is 12.6. The monoisotopic (exact) mass is 534 g/mol. The molecule has 3 rings (SSSR count). The van der Waals surface area contributed by atoms with Crippen molar-refractivity contribution in [2.24, 2.45) is 0 Å². The predicted molar refractivity (Wildman–Crippen MR) is 138 cm³/mol. The van der Waals surface area contributed by atoms with E-state index in [1.807, 2.05) is 0 Å². The molecule has 1 atom stereocenters. The van der Waals surface area contributed by atoms with Crippen molar-refractivity contribution in [2.45, 2.75) is 43.0 Å². The van der Waals surface area contributed by atoms with E-state index >= 15 is 0 Å². The molecule has 0 radical (unpaired) electrons. The molecule has 0 aliphatic carbocycles. The number of unbranched alkanes of at least 4 members (excludes halogenated alkanes) is 3. The molecule has 0 spiro atoms. The molecule has 2 nitrogen and oxygen atoms in total. The Morgan fingerprint density at radius 2 is 1.28 bits per heavy atom. The van der Waals surface area contributed by atoms with Gasteiger partial charge in [-0.3, -0.25) is 0 Å². The van der Waals surface area contributed by atoms with Gasteiger partial charge in [-0.25, -0.2) is 0 Å². The molecule has 3 heteroatoms. The molecule has 0 heterocycles. The molecule has 0 fully saturated rings. The van der Waals surface area contributed by atoms with Crippen LogP contribution in [0.2, 0.25) is 3.93 Å². The number of esters is 1. The van der Waals surface area contributed by atoms with E-state index in [0.717, 1.165) is 6.42 Å². The van der Waals surface area contributed by atoms with Crippen LogP contribution < -0.4 is 10.7 Å². The van der Waals surface area contributed by atoms with Gasteiger partial charge in [-0.15, -0.1) is 0 Å². The molecule has 0 saturated carbocycles. The third-order valence-electron chi connectivity index (χ3n) is 6.20. The summed E-state index contributed by atoms with van der Waals surface area (Å²) in [4.78, 5) is 12.7. The minimum atomic E-state index is -3.65. The zero-order chi connectivity index (χ0) is 22.7. The second-order valence-corrected chi connectivity index (χ2v) is 19.9. The number of hydrogen-bond acceptors (Lipinski definition) is 2. The van der Waals surface area contributed by atoms with Gasteiger partial charge in [0.15, 0.2) is 0 Å². The Bertz CT molecular complexity index is 871. The van der Waals surface area contributed by atoms with Crippen molar-refractivity contribution >= 4 is 35.1 Å². The summed E-state index contributed by atoms with van der Waals surface area (Å²) in [5.74, 6) is -0.142. The van der Waals surface area contributed by atoms with Gasteiger partial charge in [-0.1, -0.05) is 0 Å². The predicted octanol–water partition coefficient (Wildman–Crippen LogP) is 5.23. The summed E-state index contributed by atoms with van der Waals surface area (Å²) in [6, 6.07) is 32.6. The van der Waals surface area contributed by atoms with Crippen LogP contribution in [-0.2, 0) is 9.53 Å². The molecule has 0 unspecified atom stereocenters. The summed E-state index contributed by atoms with van der Waals surface area (Å²) in [6.07, 6.45) is 9.72. The number of hydrogen-bond donors (Lipinski definition) is 0. The van der Waals surface area contributed by atoms with Crippen LogP contribution >= 0.6 is 0 Å². The van der Waals surface area contributed by atoms with Crippen LogP contribution in [0.1, 0.15) is 39.0 Å². The molecule has 3 aromatic rings. The molecule has 0 amide bonds. The number of allylic oxidation sites excluding steroid dienone is 2. The molecule has 0 aliphatic rings. The van der Waals surface area contributed by atoms with Gasteiger partial charge in [0.25, 0.3) is 0 Å². The Balaban J connectivity index is 2.25.